The predicted octanol–water partition coefficient (Wildman–Crippen LogP) is 5.31. The van der Waals surface area contributed by atoms with Gasteiger partial charge in [-0.3, -0.25) is 9.59 Å². The lowest BCUT2D eigenvalue weighted by atomic mass is 10.2. The maximum absolute atomic E-state index is 12.7. The van der Waals surface area contributed by atoms with Crippen LogP contribution in [-0.2, 0) is 4.79 Å². The summed E-state index contributed by atoms with van der Waals surface area (Å²) in [6.45, 7) is -0.374. The lowest BCUT2D eigenvalue weighted by Gasteiger charge is -2.10. The van der Waals surface area contributed by atoms with Crippen LogP contribution in [0.2, 0.25) is 10.0 Å². The van der Waals surface area contributed by atoms with Gasteiger partial charge in [0.1, 0.15) is 11.5 Å². The summed E-state index contributed by atoms with van der Waals surface area (Å²) in [7, 11) is 0. The Kier molecular flexibility index (Phi) is 9.82. The van der Waals surface area contributed by atoms with Gasteiger partial charge in [0.25, 0.3) is 11.8 Å². The van der Waals surface area contributed by atoms with Crippen molar-refractivity contribution in [2.45, 2.75) is 0 Å². The van der Waals surface area contributed by atoms with E-state index >= 15 is 0 Å². The van der Waals surface area contributed by atoms with Crippen LogP contribution in [0.25, 0.3) is 0 Å². The van der Waals surface area contributed by atoms with Gasteiger partial charge in [0.05, 0.1) is 33.9 Å². The Balaban J connectivity index is 1.44. The number of rotatable bonds is 9. The molecule has 41 heavy (non-hydrogen) atoms. The third-order valence-corrected chi connectivity index (χ3v) is 6.14. The quantitative estimate of drug-likeness (QED) is 0.118. The Morgan fingerprint density at radius 1 is 0.707 bits per heavy atom. The van der Waals surface area contributed by atoms with Gasteiger partial charge in [-0.25, -0.2) is 15.0 Å². The van der Waals surface area contributed by atoms with Crippen molar-refractivity contribution in [1.29, 1.82) is 0 Å². The molecule has 2 N–H and O–H groups in total. The fraction of sp³-hybridized carbons (Fsp3) is 0.0333. The number of hydrogen-bond donors (Lipinski definition) is 2. The number of hydrogen-bond acceptors (Lipinski definition) is 7. The number of amides is 2. The first-order valence-electron chi connectivity index (χ1n) is 12.0. The summed E-state index contributed by atoms with van der Waals surface area (Å²) in [5.74, 6) is -2.24. The van der Waals surface area contributed by atoms with Crippen molar-refractivity contribution in [2.75, 3.05) is 6.54 Å². The zero-order chi connectivity index (χ0) is 29.2. The van der Waals surface area contributed by atoms with Crippen LogP contribution in [0.3, 0.4) is 0 Å². The van der Waals surface area contributed by atoms with Crippen LogP contribution >= 0.6 is 23.2 Å². The van der Waals surface area contributed by atoms with Crippen molar-refractivity contribution >= 4 is 53.2 Å². The topological polar surface area (TPSA) is 123 Å². The van der Waals surface area contributed by atoms with E-state index in [1.165, 1.54) is 42.6 Å². The van der Waals surface area contributed by atoms with Gasteiger partial charge in [-0.2, -0.15) is 5.10 Å². The minimum atomic E-state index is -0.652. The number of halogens is 2. The highest BCUT2D eigenvalue weighted by atomic mass is 35.5. The predicted molar refractivity (Wildman–Crippen MR) is 154 cm³/mol. The first kappa shape index (κ1) is 29.0. The Bertz CT molecular complexity index is 1610. The van der Waals surface area contributed by atoms with E-state index in [9.17, 15) is 19.2 Å². The molecule has 0 atom stereocenters. The SMILES string of the molecule is O=C(CNC(=O)c1ccc(Cl)c(Cl)c1)N/N=C\c1ccc(OC(=O)c2ccccc2)cc1OC(=O)c1ccccc1. The maximum atomic E-state index is 12.7. The third kappa shape index (κ3) is 8.25. The molecular formula is C30H21Cl2N3O6. The smallest absolute Gasteiger partial charge is 0.343 e. The van der Waals surface area contributed by atoms with Crippen LogP contribution in [0.15, 0.2) is 102 Å². The summed E-state index contributed by atoms with van der Waals surface area (Å²) in [6.07, 6.45) is 1.25. The molecule has 0 radical (unpaired) electrons. The molecule has 0 aliphatic rings. The molecule has 0 unspecified atom stereocenters. The lowest BCUT2D eigenvalue weighted by molar-refractivity contribution is -0.120. The van der Waals surface area contributed by atoms with Gasteiger partial charge in [-0.1, -0.05) is 59.6 Å². The van der Waals surface area contributed by atoms with Gasteiger partial charge in [0, 0.05) is 17.2 Å². The van der Waals surface area contributed by atoms with Gasteiger partial charge in [0.15, 0.2) is 0 Å². The summed E-state index contributed by atoms with van der Waals surface area (Å²) >= 11 is 11.8. The highest BCUT2D eigenvalue weighted by molar-refractivity contribution is 6.42. The Morgan fingerprint density at radius 2 is 1.34 bits per heavy atom. The molecule has 0 bridgehead atoms. The number of esters is 2. The largest absolute Gasteiger partial charge is 0.423 e. The standard InChI is InChI=1S/C30H21Cl2N3O6/c31-24-14-12-21(15-25(24)32)28(37)33-18-27(36)35-34-17-22-11-13-23(40-29(38)19-7-3-1-4-8-19)16-26(22)41-30(39)20-9-5-2-6-10-20/h1-17H,18H2,(H,33,37)(H,35,36)/b34-17-. The summed E-state index contributed by atoms with van der Waals surface area (Å²) in [5, 5.41) is 6.83. The second-order valence-electron chi connectivity index (χ2n) is 8.32. The van der Waals surface area contributed by atoms with Crippen molar-refractivity contribution in [2.24, 2.45) is 5.10 Å². The average molecular weight is 590 g/mol. The number of nitrogens with zero attached hydrogens (tertiary/aromatic N) is 1. The minimum Gasteiger partial charge on any atom is -0.423 e. The molecule has 0 aromatic heterocycles. The zero-order valence-corrected chi connectivity index (χ0v) is 22.7. The molecule has 0 saturated carbocycles. The fourth-order valence-corrected chi connectivity index (χ4v) is 3.66. The van der Waals surface area contributed by atoms with Gasteiger partial charge in [0.2, 0.25) is 0 Å². The fourth-order valence-electron chi connectivity index (χ4n) is 3.36. The first-order chi connectivity index (χ1) is 19.8. The summed E-state index contributed by atoms with van der Waals surface area (Å²) in [5.41, 5.74) is 3.45. The second kappa shape index (κ2) is 13.9. The Hall–Kier alpha value is -4.99. The highest BCUT2D eigenvalue weighted by Gasteiger charge is 2.15. The van der Waals surface area contributed by atoms with Crippen molar-refractivity contribution in [3.05, 3.63) is 129 Å². The van der Waals surface area contributed by atoms with E-state index in [-0.39, 0.29) is 28.6 Å². The molecule has 11 heteroatoms. The van der Waals surface area contributed by atoms with E-state index in [1.807, 2.05) is 0 Å². The number of carbonyl (C=O) groups excluding carboxylic acids is 4. The van der Waals surface area contributed by atoms with Crippen LogP contribution in [-0.4, -0.2) is 36.5 Å². The van der Waals surface area contributed by atoms with E-state index in [0.717, 1.165) is 0 Å². The maximum Gasteiger partial charge on any atom is 0.343 e. The van der Waals surface area contributed by atoms with Gasteiger partial charge < -0.3 is 14.8 Å². The molecule has 0 fully saturated rings. The molecule has 4 rings (SSSR count). The molecule has 0 heterocycles. The molecule has 0 aliphatic carbocycles. The Morgan fingerprint density at radius 3 is 1.98 bits per heavy atom. The van der Waals surface area contributed by atoms with Crippen LogP contribution < -0.4 is 20.2 Å². The number of benzene rings is 4. The van der Waals surface area contributed by atoms with Crippen molar-refractivity contribution in [1.82, 2.24) is 10.7 Å². The first-order valence-corrected chi connectivity index (χ1v) is 12.8. The normalized spacial score (nSPS) is 10.6. The van der Waals surface area contributed by atoms with E-state index < -0.39 is 23.8 Å². The summed E-state index contributed by atoms with van der Waals surface area (Å²) in [6, 6.07) is 25.4. The molecule has 0 spiro atoms. The molecule has 4 aromatic rings. The average Bonchev–Trinajstić information content (AvgIpc) is 2.99. The third-order valence-electron chi connectivity index (χ3n) is 5.40. The van der Waals surface area contributed by atoms with Gasteiger partial charge in [-0.15, -0.1) is 0 Å². The number of ether oxygens (including phenoxy) is 2. The van der Waals surface area contributed by atoms with Crippen LogP contribution in [0, 0.1) is 0 Å². The molecule has 4 aromatic carbocycles. The van der Waals surface area contributed by atoms with Crippen LogP contribution in [0.5, 0.6) is 11.5 Å². The van der Waals surface area contributed by atoms with E-state index in [4.69, 9.17) is 32.7 Å². The van der Waals surface area contributed by atoms with E-state index in [1.54, 1.807) is 60.7 Å². The highest BCUT2D eigenvalue weighted by Crippen LogP contribution is 2.26. The zero-order valence-electron chi connectivity index (χ0n) is 21.2. The molecular weight excluding hydrogens is 569 g/mol. The Labute approximate surface area is 244 Å². The molecule has 2 amide bonds. The monoisotopic (exact) mass is 589 g/mol. The minimum absolute atomic E-state index is 0.0307. The van der Waals surface area contributed by atoms with Crippen molar-refractivity contribution in [3.63, 3.8) is 0 Å². The van der Waals surface area contributed by atoms with E-state index in [0.29, 0.717) is 21.7 Å². The molecule has 0 saturated heterocycles. The van der Waals surface area contributed by atoms with Crippen molar-refractivity contribution in [3.8, 4) is 11.5 Å². The van der Waals surface area contributed by atoms with Gasteiger partial charge >= 0.3 is 11.9 Å². The van der Waals surface area contributed by atoms with Gasteiger partial charge in [-0.05, 0) is 54.6 Å². The summed E-state index contributed by atoms with van der Waals surface area (Å²) < 4.78 is 11.0. The van der Waals surface area contributed by atoms with Crippen LogP contribution in [0.4, 0.5) is 0 Å². The van der Waals surface area contributed by atoms with Crippen molar-refractivity contribution < 1.29 is 28.7 Å². The van der Waals surface area contributed by atoms with Crippen LogP contribution in [0.1, 0.15) is 36.6 Å². The number of carbonyl (C=O) groups is 4. The lowest BCUT2D eigenvalue weighted by Crippen LogP contribution is -2.34. The summed E-state index contributed by atoms with van der Waals surface area (Å²) in [4.78, 5) is 49.7. The van der Waals surface area contributed by atoms with E-state index in [2.05, 4.69) is 15.8 Å². The molecule has 206 valence electrons. The number of hydrazone groups is 1. The number of nitrogens with one attached hydrogen (secondary N) is 2. The molecule has 0 aliphatic heterocycles. The molecule has 9 nitrogen and oxygen atoms in total. The second-order valence-corrected chi connectivity index (χ2v) is 9.13.